The number of sulfonamides is 1. The number of rotatable bonds is 5. The first kappa shape index (κ1) is 23.0. The highest BCUT2D eigenvalue weighted by molar-refractivity contribution is 7.99. The maximum atomic E-state index is 12.8. The molecule has 4 rings (SSSR count). The summed E-state index contributed by atoms with van der Waals surface area (Å²) < 4.78 is 27.6. The van der Waals surface area contributed by atoms with Crippen molar-refractivity contribution in [3.8, 4) is 0 Å². The molecule has 0 saturated heterocycles. The van der Waals surface area contributed by atoms with Crippen molar-refractivity contribution in [3.05, 3.63) is 77.9 Å². The third-order valence-electron chi connectivity index (χ3n) is 5.29. The van der Waals surface area contributed by atoms with Crippen LogP contribution in [0.3, 0.4) is 0 Å². The predicted octanol–water partition coefficient (Wildman–Crippen LogP) is 4.04. The van der Waals surface area contributed by atoms with Gasteiger partial charge in [-0.05, 0) is 56.3 Å². The number of nitrogens with one attached hydrogen (secondary N) is 2. The van der Waals surface area contributed by atoms with E-state index in [4.69, 9.17) is 0 Å². The molecule has 0 saturated carbocycles. The molecule has 0 aromatic heterocycles. The van der Waals surface area contributed by atoms with Crippen molar-refractivity contribution in [2.24, 2.45) is 0 Å². The van der Waals surface area contributed by atoms with Crippen LogP contribution >= 0.6 is 11.8 Å². The number of anilines is 2. The van der Waals surface area contributed by atoms with Gasteiger partial charge in [-0.1, -0.05) is 41.6 Å². The molecule has 3 aromatic carbocycles. The topological polar surface area (TPSA) is 95.6 Å². The Morgan fingerprint density at radius 1 is 1.00 bits per heavy atom. The lowest BCUT2D eigenvalue weighted by atomic mass is 10.2. The Bertz CT molecular complexity index is 1340. The highest BCUT2D eigenvalue weighted by Crippen LogP contribution is 2.41. The van der Waals surface area contributed by atoms with Gasteiger partial charge in [0, 0.05) is 22.5 Å². The minimum Gasteiger partial charge on any atom is -0.325 e. The van der Waals surface area contributed by atoms with Gasteiger partial charge in [-0.15, -0.1) is 0 Å². The summed E-state index contributed by atoms with van der Waals surface area (Å²) in [5.74, 6) is -0.596. The van der Waals surface area contributed by atoms with Crippen molar-refractivity contribution in [2.75, 3.05) is 17.3 Å². The molecule has 1 aliphatic heterocycles. The maximum absolute atomic E-state index is 12.8. The maximum Gasteiger partial charge on any atom is 0.259 e. The van der Waals surface area contributed by atoms with Crippen LogP contribution in [0.5, 0.6) is 0 Å². The molecule has 3 aromatic rings. The number of benzene rings is 3. The van der Waals surface area contributed by atoms with Crippen LogP contribution in [0.15, 0.2) is 81.4 Å². The van der Waals surface area contributed by atoms with E-state index in [1.807, 2.05) is 25.1 Å². The van der Waals surface area contributed by atoms with E-state index >= 15 is 0 Å². The molecule has 0 spiro atoms. The fourth-order valence-electron chi connectivity index (χ4n) is 3.41. The Kier molecular flexibility index (Phi) is 6.29. The van der Waals surface area contributed by atoms with Crippen molar-refractivity contribution < 1.29 is 18.0 Å². The van der Waals surface area contributed by atoms with Crippen LogP contribution in [0.2, 0.25) is 0 Å². The zero-order chi connectivity index (χ0) is 23.8. The molecule has 1 aliphatic rings. The molecule has 9 heteroatoms. The molecule has 0 fully saturated rings. The molecule has 7 nitrogen and oxygen atoms in total. The molecule has 2 amide bonds. The molecule has 2 N–H and O–H groups in total. The van der Waals surface area contributed by atoms with Crippen LogP contribution < -0.4 is 14.9 Å². The standard InChI is InChI=1S/C24H23N3O4S2/c1-15-8-11-18(12-9-15)33(30,31)26-16(2)23(28)25-17-10-13-20-22(14-17)32-21-7-5-4-6-19(21)24(29)27(20)3/h4-14,16,26H,1-3H3,(H,25,28)/t16-/m0/s1. The highest BCUT2D eigenvalue weighted by Gasteiger charge is 2.26. The summed E-state index contributed by atoms with van der Waals surface area (Å²) in [6.07, 6.45) is 0. The predicted molar refractivity (Wildman–Crippen MR) is 129 cm³/mol. The molecule has 33 heavy (non-hydrogen) atoms. The van der Waals surface area contributed by atoms with Crippen LogP contribution in [0.1, 0.15) is 22.8 Å². The van der Waals surface area contributed by atoms with Crippen molar-refractivity contribution in [2.45, 2.75) is 34.6 Å². The Labute approximate surface area is 197 Å². The van der Waals surface area contributed by atoms with Crippen LogP contribution in [0, 0.1) is 6.92 Å². The lowest BCUT2D eigenvalue weighted by Crippen LogP contribution is -2.41. The average molecular weight is 482 g/mol. The summed E-state index contributed by atoms with van der Waals surface area (Å²) >= 11 is 1.44. The van der Waals surface area contributed by atoms with E-state index in [2.05, 4.69) is 10.0 Å². The molecule has 0 aliphatic carbocycles. The van der Waals surface area contributed by atoms with Gasteiger partial charge in [0.05, 0.1) is 22.2 Å². The number of carbonyl (C=O) groups is 2. The number of amides is 2. The van der Waals surface area contributed by atoms with Crippen LogP contribution in [0.25, 0.3) is 0 Å². The number of aryl methyl sites for hydroxylation is 1. The first-order chi connectivity index (χ1) is 15.7. The smallest absolute Gasteiger partial charge is 0.259 e. The van der Waals surface area contributed by atoms with Gasteiger partial charge in [0.15, 0.2) is 0 Å². The number of hydrogen-bond acceptors (Lipinski definition) is 5. The third kappa shape index (κ3) is 4.80. The number of hydrogen-bond donors (Lipinski definition) is 2. The van der Waals surface area contributed by atoms with Gasteiger partial charge in [-0.3, -0.25) is 9.59 Å². The fraction of sp³-hybridized carbons (Fsp3) is 0.167. The number of fused-ring (bicyclic) bond motifs is 2. The summed E-state index contributed by atoms with van der Waals surface area (Å²) in [5, 5.41) is 2.76. The van der Waals surface area contributed by atoms with Gasteiger partial charge in [0.2, 0.25) is 15.9 Å². The zero-order valence-corrected chi connectivity index (χ0v) is 20.0. The Hall–Kier alpha value is -3.14. The first-order valence-electron chi connectivity index (χ1n) is 10.2. The second kappa shape index (κ2) is 9.01. The van der Waals surface area contributed by atoms with E-state index in [-0.39, 0.29) is 10.8 Å². The summed E-state index contributed by atoms with van der Waals surface area (Å²) in [7, 11) is -2.13. The molecule has 0 bridgehead atoms. The van der Waals surface area contributed by atoms with E-state index in [9.17, 15) is 18.0 Å². The Morgan fingerprint density at radius 3 is 2.42 bits per heavy atom. The van der Waals surface area contributed by atoms with Crippen molar-refractivity contribution >= 4 is 45.0 Å². The molecular formula is C24H23N3O4S2. The van der Waals surface area contributed by atoms with Crippen molar-refractivity contribution in [1.29, 1.82) is 0 Å². The van der Waals surface area contributed by atoms with Gasteiger partial charge >= 0.3 is 0 Å². The lowest BCUT2D eigenvalue weighted by Gasteiger charge is -2.19. The summed E-state index contributed by atoms with van der Waals surface area (Å²) in [5.41, 5.74) is 2.79. The van der Waals surface area contributed by atoms with Crippen molar-refractivity contribution in [3.63, 3.8) is 0 Å². The van der Waals surface area contributed by atoms with Gasteiger partial charge in [0.25, 0.3) is 5.91 Å². The van der Waals surface area contributed by atoms with Gasteiger partial charge < -0.3 is 10.2 Å². The molecule has 0 radical (unpaired) electrons. The summed E-state index contributed by atoms with van der Waals surface area (Å²) in [4.78, 5) is 28.8. The van der Waals surface area contributed by atoms with Gasteiger partial charge in [-0.25, -0.2) is 8.42 Å². The third-order valence-corrected chi connectivity index (χ3v) is 7.97. The molecular weight excluding hydrogens is 458 g/mol. The van der Waals surface area contributed by atoms with E-state index < -0.39 is 22.0 Å². The fourth-order valence-corrected chi connectivity index (χ4v) is 5.76. The second-order valence-corrected chi connectivity index (χ2v) is 10.6. The average Bonchev–Trinajstić information content (AvgIpc) is 2.88. The van der Waals surface area contributed by atoms with Crippen LogP contribution in [-0.4, -0.2) is 33.3 Å². The number of carbonyl (C=O) groups excluding carboxylic acids is 2. The SMILES string of the molecule is Cc1ccc(S(=O)(=O)N[C@@H](C)C(=O)Nc2ccc3c(c2)Sc2ccccc2C(=O)N3C)cc1. The lowest BCUT2D eigenvalue weighted by molar-refractivity contribution is -0.117. The Morgan fingerprint density at radius 2 is 1.70 bits per heavy atom. The van der Waals surface area contributed by atoms with Crippen LogP contribution in [0.4, 0.5) is 11.4 Å². The minimum atomic E-state index is -3.84. The normalized spacial score (nSPS) is 14.2. The quantitative estimate of drug-likeness (QED) is 0.573. The number of nitrogens with zero attached hydrogens (tertiary/aromatic N) is 1. The van der Waals surface area contributed by atoms with Crippen LogP contribution in [-0.2, 0) is 14.8 Å². The van der Waals surface area contributed by atoms with E-state index in [0.717, 1.165) is 21.0 Å². The van der Waals surface area contributed by atoms with Gasteiger partial charge in [-0.2, -0.15) is 4.72 Å². The monoisotopic (exact) mass is 481 g/mol. The minimum absolute atomic E-state index is 0.0977. The Balaban J connectivity index is 1.52. The van der Waals surface area contributed by atoms with Crippen molar-refractivity contribution in [1.82, 2.24) is 4.72 Å². The highest BCUT2D eigenvalue weighted by atomic mass is 32.2. The molecule has 1 atom stereocenters. The molecule has 170 valence electrons. The largest absolute Gasteiger partial charge is 0.325 e. The molecule has 0 unspecified atom stereocenters. The van der Waals surface area contributed by atoms with Gasteiger partial charge in [0.1, 0.15) is 0 Å². The summed E-state index contributed by atoms with van der Waals surface area (Å²) in [6, 6.07) is 18.0. The first-order valence-corrected chi connectivity index (χ1v) is 12.5. The second-order valence-electron chi connectivity index (χ2n) is 7.79. The zero-order valence-electron chi connectivity index (χ0n) is 18.3. The summed E-state index contributed by atoms with van der Waals surface area (Å²) in [6.45, 7) is 3.35. The van der Waals surface area contributed by atoms with E-state index in [1.54, 1.807) is 48.3 Å². The van der Waals surface area contributed by atoms with E-state index in [1.165, 1.54) is 30.8 Å². The molecule has 1 heterocycles. The van der Waals surface area contributed by atoms with E-state index in [0.29, 0.717) is 11.3 Å².